The third kappa shape index (κ3) is 8.14. The van der Waals surface area contributed by atoms with Crippen molar-refractivity contribution in [1.29, 1.82) is 0 Å². The van der Waals surface area contributed by atoms with Crippen LogP contribution in [0, 0.1) is 0 Å². The first-order valence-corrected chi connectivity index (χ1v) is 20.1. The van der Waals surface area contributed by atoms with Gasteiger partial charge in [0.05, 0.1) is 9.79 Å². The van der Waals surface area contributed by atoms with Crippen LogP contribution in [0.3, 0.4) is 0 Å². The first kappa shape index (κ1) is 37.6. The van der Waals surface area contributed by atoms with E-state index in [1.165, 1.54) is 21.0 Å². The monoisotopic (exact) mass is 859 g/mol. The molecule has 0 bridgehead atoms. The molecule has 2 aromatic carbocycles. The number of hydrogen-bond donors (Lipinski definition) is 3. The molecule has 1 amide bonds. The largest absolute Gasteiger partial charge is 0.444 e. The molecule has 0 aliphatic carbocycles. The zero-order valence-corrected chi connectivity index (χ0v) is 32.4. The van der Waals surface area contributed by atoms with Crippen molar-refractivity contribution in [1.82, 2.24) is 23.9 Å². The van der Waals surface area contributed by atoms with Gasteiger partial charge >= 0.3 is 6.09 Å². The van der Waals surface area contributed by atoms with Crippen molar-refractivity contribution in [2.75, 3.05) is 31.9 Å². The summed E-state index contributed by atoms with van der Waals surface area (Å²) in [5, 5.41) is 5.20. The van der Waals surface area contributed by atoms with Crippen LogP contribution >= 0.6 is 43.5 Å². The number of ether oxygens (including phenoxy) is 1. The Kier molecular flexibility index (Phi) is 11.2. The number of sulfonamides is 2. The van der Waals surface area contributed by atoms with Crippen LogP contribution in [0.1, 0.15) is 33.6 Å². The summed E-state index contributed by atoms with van der Waals surface area (Å²) in [6.07, 6.45) is 3.64. The highest BCUT2D eigenvalue weighted by Gasteiger charge is 2.36. The number of rotatable bonds is 5. The van der Waals surface area contributed by atoms with Gasteiger partial charge in [0.25, 0.3) is 0 Å². The number of aromatic nitrogens is 2. The van der Waals surface area contributed by atoms with Crippen LogP contribution in [0.15, 0.2) is 67.5 Å². The Balaban J connectivity index is 0.000000199. The minimum absolute atomic E-state index is 0.107. The number of nitrogens with zero attached hydrogens (tertiary/aromatic N) is 4. The average Bonchev–Trinajstić information content (AvgIpc) is 3.70. The van der Waals surface area contributed by atoms with E-state index < -0.39 is 31.7 Å². The Morgan fingerprint density at radius 1 is 0.898 bits per heavy atom. The van der Waals surface area contributed by atoms with Crippen molar-refractivity contribution in [3.05, 3.63) is 62.9 Å². The number of carbonyl (C=O) groups excluding carboxylic acids is 1. The number of pyridine rings is 2. The second-order valence-corrected chi connectivity index (χ2v) is 18.5. The second-order valence-electron chi connectivity index (χ2n) is 12.7. The molecule has 0 spiro atoms. The lowest BCUT2D eigenvalue weighted by Gasteiger charge is -2.22. The number of benzene rings is 2. The van der Waals surface area contributed by atoms with E-state index in [2.05, 4.69) is 47.1 Å². The van der Waals surface area contributed by atoms with Gasteiger partial charge in [-0.15, -0.1) is 0 Å². The van der Waals surface area contributed by atoms with E-state index in [1.807, 2.05) is 0 Å². The van der Waals surface area contributed by atoms with E-state index in [0.717, 1.165) is 0 Å². The second kappa shape index (κ2) is 14.5. The summed E-state index contributed by atoms with van der Waals surface area (Å²) in [7, 11) is -7.38. The van der Waals surface area contributed by atoms with Gasteiger partial charge in [0, 0.05) is 81.1 Å². The summed E-state index contributed by atoms with van der Waals surface area (Å²) < 4.78 is 61.4. The number of nitrogen functional groups attached to an aromatic ring is 1. The topological polar surface area (TPSA) is 191 Å². The maximum absolute atomic E-state index is 13.3. The van der Waals surface area contributed by atoms with E-state index in [-0.39, 0.29) is 33.6 Å². The lowest BCUT2D eigenvalue weighted by atomic mass is 10.1. The fraction of sp³-hybridized carbons (Fsp3) is 0.387. The highest BCUT2D eigenvalue weighted by atomic mass is 79.9. The molecule has 2 fully saturated rings. The van der Waals surface area contributed by atoms with Crippen LogP contribution in [-0.2, 0) is 24.8 Å². The molecular formula is C31H36Br2ClN7O6S2. The Hall–Kier alpha value is -2.64. The minimum Gasteiger partial charge on any atom is -0.444 e. The predicted octanol–water partition coefficient (Wildman–Crippen LogP) is 5.24. The van der Waals surface area contributed by atoms with Gasteiger partial charge in [-0.25, -0.2) is 31.6 Å². The van der Waals surface area contributed by atoms with Crippen LogP contribution in [0.4, 0.5) is 10.6 Å². The third-order valence-electron chi connectivity index (χ3n) is 7.93. The zero-order valence-electron chi connectivity index (χ0n) is 26.9. The summed E-state index contributed by atoms with van der Waals surface area (Å²) in [6, 6.07) is 9.53. The molecule has 49 heavy (non-hydrogen) atoms. The van der Waals surface area contributed by atoms with Gasteiger partial charge in [-0.3, -0.25) is 0 Å². The number of nitrogens with two attached hydrogens (primary N) is 2. The molecule has 4 aromatic rings. The number of halogens is 3. The Labute approximate surface area is 307 Å². The molecule has 0 unspecified atom stereocenters. The van der Waals surface area contributed by atoms with Gasteiger partial charge < -0.3 is 21.5 Å². The van der Waals surface area contributed by atoms with E-state index in [9.17, 15) is 21.6 Å². The molecule has 2 aliphatic rings. The first-order valence-electron chi connectivity index (χ1n) is 15.2. The minimum atomic E-state index is -3.78. The van der Waals surface area contributed by atoms with Crippen molar-refractivity contribution in [3.63, 3.8) is 0 Å². The molecule has 0 saturated carbocycles. The van der Waals surface area contributed by atoms with Crippen LogP contribution in [0.2, 0.25) is 5.15 Å². The molecule has 4 heterocycles. The van der Waals surface area contributed by atoms with Crippen molar-refractivity contribution >= 4 is 97.0 Å². The van der Waals surface area contributed by atoms with Crippen LogP contribution < -0.4 is 16.8 Å². The van der Waals surface area contributed by atoms with Gasteiger partial charge in [-0.1, -0.05) is 35.9 Å². The van der Waals surface area contributed by atoms with Crippen molar-refractivity contribution in [3.8, 4) is 0 Å². The highest BCUT2D eigenvalue weighted by molar-refractivity contribution is 9.11. The number of nitrogens with one attached hydrogen (secondary N) is 1. The number of anilines is 1. The summed E-state index contributed by atoms with van der Waals surface area (Å²) in [6.45, 7) is 6.59. The van der Waals surface area contributed by atoms with E-state index in [0.29, 0.717) is 68.8 Å². The number of alkyl carbamates (subject to hydrolysis) is 1. The maximum atomic E-state index is 13.3. The number of carbonyl (C=O) groups is 1. The normalized spacial score (nSPS) is 19.2. The van der Waals surface area contributed by atoms with Crippen molar-refractivity contribution in [2.24, 2.45) is 5.73 Å². The number of hydrogen-bond acceptors (Lipinski definition) is 10. The Morgan fingerprint density at radius 3 is 2.00 bits per heavy atom. The smallest absolute Gasteiger partial charge is 0.407 e. The number of fused-ring (bicyclic) bond motifs is 2. The van der Waals surface area contributed by atoms with Gasteiger partial charge in [0.1, 0.15) is 16.6 Å². The lowest BCUT2D eigenvalue weighted by molar-refractivity contribution is 0.0507. The van der Waals surface area contributed by atoms with Crippen LogP contribution in [0.25, 0.3) is 21.5 Å². The molecule has 6 rings (SSSR count). The van der Waals surface area contributed by atoms with E-state index in [4.69, 9.17) is 27.8 Å². The number of amides is 1. The van der Waals surface area contributed by atoms with Crippen molar-refractivity contribution < 1.29 is 26.4 Å². The van der Waals surface area contributed by atoms with E-state index >= 15 is 0 Å². The zero-order chi connectivity index (χ0) is 35.9. The molecular weight excluding hydrogens is 826 g/mol. The quantitative estimate of drug-likeness (QED) is 0.224. The molecule has 2 saturated heterocycles. The molecule has 13 nitrogen and oxygen atoms in total. The van der Waals surface area contributed by atoms with E-state index in [1.54, 1.807) is 57.2 Å². The summed E-state index contributed by atoms with van der Waals surface area (Å²) in [5.74, 6) is 0.309. The third-order valence-corrected chi connectivity index (χ3v) is 13.3. The average molecular weight is 862 g/mol. The standard InChI is InChI=1S/C18H21BrClN3O4S.C13H15BrN4O2S/c1-18(2,3)27-17(24)22-11-7-8-23(10-11)28(25,26)14-6-4-5-12-15(14)13(19)9-21-16(12)20;14-10-6-17-13(16)9-2-1-3-11(12(9)10)21(19,20)18-5-4-8(15)7-18/h4-6,9,11H,7-8,10H2,1-3H3,(H,22,24);1-3,6,8H,4-5,7,15H2,(H2,16,17)/t11-;8-/m11/s1. The molecule has 0 radical (unpaired) electrons. The fourth-order valence-electron chi connectivity index (χ4n) is 5.67. The summed E-state index contributed by atoms with van der Waals surface area (Å²) >= 11 is 12.9. The molecule has 264 valence electrons. The van der Waals surface area contributed by atoms with Crippen LogP contribution in [-0.4, -0.2) is 85.4 Å². The van der Waals surface area contributed by atoms with Crippen LogP contribution in [0.5, 0.6) is 0 Å². The molecule has 5 N–H and O–H groups in total. The molecule has 18 heteroatoms. The Morgan fingerprint density at radius 2 is 1.43 bits per heavy atom. The molecule has 2 atom stereocenters. The molecule has 2 aliphatic heterocycles. The Bertz CT molecular complexity index is 2130. The molecule has 2 aromatic heterocycles. The SMILES string of the molecule is CC(C)(C)OC(=O)N[C@@H]1CCN(S(=O)(=O)c2cccc3c(Cl)ncc(Br)c23)C1.Nc1ncc(Br)c2c(S(=O)(=O)N3CC[C@@H](N)C3)cccc12. The van der Waals surface area contributed by atoms with Gasteiger partial charge in [-0.2, -0.15) is 8.61 Å². The van der Waals surface area contributed by atoms with Gasteiger partial charge in [0.2, 0.25) is 20.0 Å². The predicted molar refractivity (Wildman–Crippen MR) is 196 cm³/mol. The fourth-order valence-corrected chi connectivity index (χ4v) is 10.7. The van der Waals surface area contributed by atoms with Gasteiger partial charge in [-0.05, 0) is 77.6 Å². The first-order chi connectivity index (χ1) is 22.9. The van der Waals surface area contributed by atoms with Gasteiger partial charge in [0.15, 0.2) is 0 Å². The summed E-state index contributed by atoms with van der Waals surface area (Å²) in [4.78, 5) is 20.4. The summed E-state index contributed by atoms with van der Waals surface area (Å²) in [5.41, 5.74) is 11.1. The van der Waals surface area contributed by atoms with Crippen molar-refractivity contribution in [2.45, 2.75) is 61.1 Å². The maximum Gasteiger partial charge on any atom is 0.407 e. The lowest BCUT2D eigenvalue weighted by Crippen LogP contribution is -2.41. The highest BCUT2D eigenvalue weighted by Crippen LogP contribution is 2.36.